The van der Waals surface area contributed by atoms with E-state index in [1.54, 1.807) is 12.1 Å². The molecule has 0 aromatic heterocycles. The van der Waals surface area contributed by atoms with Crippen LogP contribution in [0.1, 0.15) is 44.6 Å². The van der Waals surface area contributed by atoms with Crippen LogP contribution in [0.25, 0.3) is 11.1 Å². The third kappa shape index (κ3) is 13.9. The lowest BCUT2D eigenvalue weighted by molar-refractivity contribution is -0.138. The monoisotopic (exact) mass is 730 g/mol. The minimum absolute atomic E-state index is 0.0964. The van der Waals surface area contributed by atoms with E-state index in [2.05, 4.69) is 18.1 Å². The molecule has 0 heterocycles. The molecule has 0 N–H and O–H groups in total. The summed E-state index contributed by atoms with van der Waals surface area (Å²) in [5.74, 6) is -7.52. The van der Waals surface area contributed by atoms with E-state index < -0.39 is 59.0 Å². The molecule has 8 nitrogen and oxygen atoms in total. The van der Waals surface area contributed by atoms with Crippen LogP contribution < -0.4 is 19.2 Å². The number of hydrogen-bond donors (Lipinski definition) is 0. The van der Waals surface area contributed by atoms with Gasteiger partial charge in [0.05, 0.1) is 44.2 Å². The zero-order valence-electron chi connectivity index (χ0n) is 27.7. The van der Waals surface area contributed by atoms with Crippen LogP contribution in [0, 0.1) is 29.1 Å². The molecular formula is C36H37F7O8. The summed E-state index contributed by atoms with van der Waals surface area (Å²) >= 11 is 0. The zero-order chi connectivity index (χ0) is 37.8. The Labute approximate surface area is 290 Å². The lowest BCUT2D eigenvalue weighted by Gasteiger charge is -2.19. The van der Waals surface area contributed by atoms with Crippen LogP contribution in [0.2, 0.25) is 0 Å². The lowest BCUT2D eigenvalue weighted by atomic mass is 10.0. The second kappa shape index (κ2) is 22.5. The van der Waals surface area contributed by atoms with Gasteiger partial charge < -0.3 is 23.7 Å². The number of halogens is 7. The van der Waals surface area contributed by atoms with E-state index in [1.807, 2.05) is 6.92 Å². The smallest absolute Gasteiger partial charge is 0.330 e. The largest absolute Gasteiger partial charge is 0.493 e. The first-order chi connectivity index (χ1) is 24.5. The van der Waals surface area contributed by atoms with Crippen molar-refractivity contribution in [1.82, 2.24) is 0 Å². The number of carbonyl (C=O) groups excluding carboxylic acids is 2. The summed E-state index contributed by atoms with van der Waals surface area (Å²) in [6.07, 6.45) is 4.92. The molecule has 0 aliphatic heterocycles. The van der Waals surface area contributed by atoms with Crippen molar-refractivity contribution in [3.8, 4) is 34.1 Å². The van der Waals surface area contributed by atoms with Gasteiger partial charge in [-0.3, -0.25) is 4.94 Å². The van der Waals surface area contributed by atoms with E-state index in [0.29, 0.717) is 50.2 Å². The molecule has 0 atom stereocenters. The SMILES string of the molecule is C=CC(=O)OCCCCOc1cc(OCCC)cc(OCCCCOC(=O)C=C)c1-c1cc(F)c(CF)c(F)c1.FOc1cc(F)c(F)c(F)c1. The number of ether oxygens (including phenoxy) is 5. The third-order valence-corrected chi connectivity index (χ3v) is 6.54. The fraction of sp³-hybridized carbons (Fsp3) is 0.333. The molecule has 0 saturated heterocycles. The van der Waals surface area contributed by atoms with Crippen molar-refractivity contribution in [2.75, 3.05) is 33.0 Å². The summed E-state index contributed by atoms with van der Waals surface area (Å²) < 4.78 is 118. The molecule has 0 fully saturated rings. The first-order valence-corrected chi connectivity index (χ1v) is 15.6. The molecule has 51 heavy (non-hydrogen) atoms. The van der Waals surface area contributed by atoms with Crippen molar-refractivity contribution >= 4 is 11.9 Å². The van der Waals surface area contributed by atoms with Gasteiger partial charge in [0, 0.05) is 40.9 Å². The Kier molecular flexibility index (Phi) is 18.5. The third-order valence-electron chi connectivity index (χ3n) is 6.54. The molecule has 3 aromatic rings. The van der Waals surface area contributed by atoms with Crippen molar-refractivity contribution in [2.45, 2.75) is 45.7 Å². The zero-order valence-corrected chi connectivity index (χ0v) is 27.7. The molecular weight excluding hydrogens is 693 g/mol. The van der Waals surface area contributed by atoms with E-state index in [0.717, 1.165) is 30.7 Å². The molecule has 0 aliphatic carbocycles. The van der Waals surface area contributed by atoms with Crippen molar-refractivity contribution in [1.29, 1.82) is 0 Å². The van der Waals surface area contributed by atoms with Gasteiger partial charge in [-0.25, -0.2) is 35.9 Å². The van der Waals surface area contributed by atoms with Crippen molar-refractivity contribution in [2.24, 2.45) is 0 Å². The van der Waals surface area contributed by atoms with Gasteiger partial charge in [-0.2, -0.15) is 0 Å². The molecule has 0 saturated carbocycles. The quantitative estimate of drug-likeness (QED) is 0.0374. The standard InChI is InChI=1S/C30H35F3O7.C6H2F4O/c1-4-11-36-22-18-26(37-12-7-9-14-39-28(34)5-2)30(21-16-24(32)23(20-31)25(33)17-21)27(19-22)38-13-8-10-15-40-29(35)6-3;7-4-1-3(11-10)2-5(8)6(4)9/h5-6,16-19H,2-4,7-15,20H2,1H3;1-2H. The summed E-state index contributed by atoms with van der Waals surface area (Å²) in [7, 11) is 0. The highest BCUT2D eigenvalue weighted by Crippen LogP contribution is 2.43. The molecule has 3 rings (SSSR count). The maximum atomic E-state index is 14.6. The van der Waals surface area contributed by atoms with Crippen molar-refractivity contribution < 1.29 is 69.1 Å². The number of esters is 2. The van der Waals surface area contributed by atoms with Gasteiger partial charge in [-0.15, -0.1) is 0 Å². The van der Waals surface area contributed by atoms with Crippen molar-refractivity contribution in [3.05, 3.63) is 96.4 Å². The highest BCUT2D eigenvalue weighted by molar-refractivity contribution is 5.81. The average Bonchev–Trinajstić information content (AvgIpc) is 3.11. The fourth-order valence-electron chi connectivity index (χ4n) is 4.07. The van der Waals surface area contributed by atoms with E-state index >= 15 is 0 Å². The summed E-state index contributed by atoms with van der Waals surface area (Å²) in [4.78, 5) is 25.4. The minimum Gasteiger partial charge on any atom is -0.493 e. The molecule has 0 spiro atoms. The van der Waals surface area contributed by atoms with Crippen LogP contribution in [0.3, 0.4) is 0 Å². The number of rotatable bonds is 20. The van der Waals surface area contributed by atoms with Gasteiger partial charge in [0.1, 0.15) is 35.6 Å². The first kappa shape index (κ1) is 42.0. The first-order valence-electron chi connectivity index (χ1n) is 15.6. The van der Waals surface area contributed by atoms with Crippen molar-refractivity contribution in [3.63, 3.8) is 0 Å². The Bertz CT molecular complexity index is 1520. The average molecular weight is 731 g/mol. The minimum atomic E-state index is -1.65. The van der Waals surface area contributed by atoms with Gasteiger partial charge in [-0.1, -0.05) is 20.1 Å². The Hall–Kier alpha value is -5.21. The molecule has 3 aromatic carbocycles. The van der Waals surface area contributed by atoms with Crippen LogP contribution in [0.15, 0.2) is 61.7 Å². The highest BCUT2D eigenvalue weighted by Gasteiger charge is 2.21. The van der Waals surface area contributed by atoms with Gasteiger partial charge in [0.25, 0.3) is 0 Å². The van der Waals surface area contributed by atoms with Crippen LogP contribution >= 0.6 is 0 Å². The predicted octanol–water partition coefficient (Wildman–Crippen LogP) is 9.03. The van der Waals surface area contributed by atoms with Crippen LogP contribution in [-0.4, -0.2) is 45.0 Å². The highest BCUT2D eigenvalue weighted by atomic mass is 19.3. The molecule has 0 unspecified atom stereocenters. The number of benzene rings is 3. The van der Waals surface area contributed by atoms with Gasteiger partial charge in [0.2, 0.25) is 0 Å². The Morgan fingerprint density at radius 3 is 1.53 bits per heavy atom. The summed E-state index contributed by atoms with van der Waals surface area (Å²) in [6.45, 7) is 8.49. The van der Waals surface area contributed by atoms with Crippen LogP contribution in [-0.2, 0) is 25.7 Å². The van der Waals surface area contributed by atoms with E-state index in [-0.39, 0.29) is 49.1 Å². The molecule has 0 aliphatic rings. The maximum absolute atomic E-state index is 14.6. The summed E-state index contributed by atoms with van der Waals surface area (Å²) in [5, 5.41) is 0. The molecule has 0 radical (unpaired) electrons. The number of hydrogen-bond acceptors (Lipinski definition) is 8. The summed E-state index contributed by atoms with van der Waals surface area (Å²) in [5.41, 5.74) is -0.304. The Morgan fingerprint density at radius 1 is 0.647 bits per heavy atom. The maximum Gasteiger partial charge on any atom is 0.330 e. The fourth-order valence-corrected chi connectivity index (χ4v) is 4.07. The Balaban J connectivity index is 0.000000694. The van der Waals surface area contributed by atoms with Crippen LogP contribution in [0.5, 0.6) is 23.0 Å². The second-order valence-electron chi connectivity index (χ2n) is 10.3. The molecule has 278 valence electrons. The molecule has 15 heteroatoms. The van der Waals surface area contributed by atoms with Gasteiger partial charge >= 0.3 is 11.9 Å². The number of carbonyl (C=O) groups is 2. The van der Waals surface area contributed by atoms with E-state index in [4.69, 9.17) is 23.7 Å². The van der Waals surface area contributed by atoms with E-state index in [1.165, 1.54) is 0 Å². The topological polar surface area (TPSA) is 89.5 Å². The Morgan fingerprint density at radius 2 is 1.12 bits per heavy atom. The predicted molar refractivity (Wildman–Crippen MR) is 172 cm³/mol. The second-order valence-corrected chi connectivity index (χ2v) is 10.3. The molecule has 0 amide bonds. The number of alkyl halides is 1. The normalized spacial score (nSPS) is 10.4. The molecule has 0 bridgehead atoms. The summed E-state index contributed by atoms with van der Waals surface area (Å²) in [6, 6.07) is 6.06. The lowest BCUT2D eigenvalue weighted by Crippen LogP contribution is -2.07. The number of unbranched alkanes of at least 4 members (excludes halogenated alkanes) is 2. The van der Waals surface area contributed by atoms with Crippen LogP contribution in [0.4, 0.5) is 30.9 Å². The van der Waals surface area contributed by atoms with E-state index in [9.17, 15) is 40.5 Å². The van der Waals surface area contributed by atoms with Gasteiger partial charge in [0.15, 0.2) is 23.2 Å². The van der Waals surface area contributed by atoms with Gasteiger partial charge in [-0.05, 0) is 49.8 Å².